The van der Waals surface area contributed by atoms with E-state index in [1.165, 1.54) is 24.3 Å². The maximum atomic E-state index is 14.9. The third-order valence-corrected chi connectivity index (χ3v) is 6.07. The van der Waals surface area contributed by atoms with Crippen LogP contribution in [0.25, 0.3) is 0 Å². The molecule has 3 heterocycles. The fraction of sp³-hybridized carbons (Fsp3) is 0.400. The normalized spacial score (nSPS) is 25.9. The molecule has 1 N–H and O–H groups in total. The molecule has 2 fully saturated rings. The Morgan fingerprint density at radius 3 is 2.79 bits per heavy atom. The van der Waals surface area contributed by atoms with Crippen molar-refractivity contribution in [3.05, 3.63) is 64.5 Å². The number of hydrogen-bond acceptors (Lipinski definition) is 6. The van der Waals surface area contributed by atoms with Crippen LogP contribution >= 0.6 is 0 Å². The summed E-state index contributed by atoms with van der Waals surface area (Å²) in [7, 11) is 0. The van der Waals surface area contributed by atoms with E-state index in [1.807, 2.05) is 11.4 Å². The minimum Gasteiger partial charge on any atom is -0.488 e. The summed E-state index contributed by atoms with van der Waals surface area (Å²) in [6.45, 7) is 0.650. The van der Waals surface area contributed by atoms with E-state index in [-0.39, 0.29) is 41.9 Å². The number of carbonyl (C=O) groups is 3. The fourth-order valence-electron chi connectivity index (χ4n) is 4.22. The van der Waals surface area contributed by atoms with Crippen molar-refractivity contribution in [1.29, 1.82) is 0 Å². The van der Waals surface area contributed by atoms with Gasteiger partial charge < -0.3 is 14.4 Å². The highest BCUT2D eigenvalue weighted by molar-refractivity contribution is 6.05. The highest BCUT2D eigenvalue weighted by Gasteiger charge is 2.40. The van der Waals surface area contributed by atoms with Crippen LogP contribution in [0.2, 0.25) is 0 Å². The van der Waals surface area contributed by atoms with Gasteiger partial charge in [-0.25, -0.2) is 4.39 Å². The Morgan fingerprint density at radius 1 is 1.21 bits per heavy atom. The molecule has 1 atom stereocenters. The Labute approximate surface area is 200 Å². The molecule has 0 aliphatic carbocycles. The van der Waals surface area contributed by atoms with Crippen LogP contribution in [0.4, 0.5) is 4.39 Å². The second-order valence-corrected chi connectivity index (χ2v) is 8.36. The van der Waals surface area contributed by atoms with Gasteiger partial charge in [0.2, 0.25) is 11.8 Å². The number of piperidine rings is 1. The van der Waals surface area contributed by atoms with Crippen molar-refractivity contribution in [2.24, 2.45) is 0 Å². The maximum absolute atomic E-state index is 14.9. The SMILES string of the molecule is [2H]C1(N2C(=O)c3cccc(OCc4ccc(CN5CCOCC5)cc4F)c3C2([2H])[2H])CCC(=O)NC1=O. The van der Waals surface area contributed by atoms with Gasteiger partial charge in [0.25, 0.3) is 5.91 Å². The highest BCUT2D eigenvalue weighted by atomic mass is 19.1. The van der Waals surface area contributed by atoms with Gasteiger partial charge in [0.1, 0.15) is 24.2 Å². The van der Waals surface area contributed by atoms with Crippen molar-refractivity contribution >= 4 is 17.7 Å². The molecular formula is C25H26FN3O5. The first-order valence-electron chi connectivity index (χ1n) is 12.6. The molecule has 8 nitrogen and oxygen atoms in total. The highest BCUT2D eigenvalue weighted by Crippen LogP contribution is 2.34. The van der Waals surface area contributed by atoms with Gasteiger partial charge >= 0.3 is 0 Å². The van der Waals surface area contributed by atoms with Crippen molar-refractivity contribution < 1.29 is 32.4 Å². The van der Waals surface area contributed by atoms with Crippen LogP contribution in [0.1, 0.15) is 44.0 Å². The number of amides is 3. The minimum absolute atomic E-state index is 0.00559. The van der Waals surface area contributed by atoms with E-state index in [0.717, 1.165) is 18.7 Å². The van der Waals surface area contributed by atoms with Crippen LogP contribution in [-0.4, -0.2) is 59.8 Å². The number of rotatable bonds is 6. The first kappa shape index (κ1) is 19.1. The molecule has 2 aromatic carbocycles. The second-order valence-electron chi connectivity index (χ2n) is 8.36. The molecule has 3 aliphatic heterocycles. The molecule has 0 saturated carbocycles. The lowest BCUT2D eigenvalue weighted by molar-refractivity contribution is -0.136. The molecule has 0 spiro atoms. The van der Waals surface area contributed by atoms with E-state index in [1.54, 1.807) is 6.07 Å². The summed E-state index contributed by atoms with van der Waals surface area (Å²) in [6, 6.07) is 6.90. The number of halogens is 1. The Kier molecular flexibility index (Phi) is 5.33. The molecule has 0 aromatic heterocycles. The molecule has 3 aliphatic rings. The van der Waals surface area contributed by atoms with Crippen molar-refractivity contribution in [1.82, 2.24) is 15.1 Å². The third kappa shape index (κ3) is 4.53. The van der Waals surface area contributed by atoms with Gasteiger partial charge in [-0.05, 0) is 30.2 Å². The minimum atomic E-state index is -2.58. The Morgan fingerprint density at radius 2 is 2.03 bits per heavy atom. The zero-order chi connectivity index (χ0) is 26.4. The van der Waals surface area contributed by atoms with Crippen LogP contribution in [0.3, 0.4) is 0 Å². The molecular weight excluding hydrogens is 441 g/mol. The van der Waals surface area contributed by atoms with Crippen LogP contribution in [-0.2, 0) is 34.0 Å². The van der Waals surface area contributed by atoms with E-state index >= 15 is 0 Å². The first-order valence-corrected chi connectivity index (χ1v) is 11.1. The third-order valence-electron chi connectivity index (χ3n) is 6.07. The molecule has 3 amide bonds. The fourth-order valence-corrected chi connectivity index (χ4v) is 4.22. The van der Waals surface area contributed by atoms with Crippen molar-refractivity contribution in [2.75, 3.05) is 26.3 Å². The summed E-state index contributed by atoms with van der Waals surface area (Å²) < 4.78 is 52.0. The van der Waals surface area contributed by atoms with Gasteiger partial charge in [-0.3, -0.25) is 24.6 Å². The molecule has 5 rings (SSSR count). The van der Waals surface area contributed by atoms with Crippen LogP contribution in [0, 0.1) is 5.82 Å². The molecule has 2 saturated heterocycles. The monoisotopic (exact) mass is 470 g/mol. The molecule has 1 unspecified atom stereocenters. The predicted molar refractivity (Wildman–Crippen MR) is 119 cm³/mol. The lowest BCUT2D eigenvalue weighted by Crippen LogP contribution is -2.52. The van der Waals surface area contributed by atoms with E-state index in [4.69, 9.17) is 13.6 Å². The number of imide groups is 1. The number of carbonyl (C=O) groups excluding carboxylic acids is 3. The average molecular weight is 471 g/mol. The molecule has 178 valence electrons. The Bertz CT molecular complexity index is 1270. The van der Waals surface area contributed by atoms with Crippen LogP contribution < -0.4 is 10.1 Å². The second kappa shape index (κ2) is 9.52. The van der Waals surface area contributed by atoms with Gasteiger partial charge in [0.05, 0.1) is 23.8 Å². The van der Waals surface area contributed by atoms with Crippen molar-refractivity contribution in [2.45, 2.75) is 38.5 Å². The first-order chi connectivity index (χ1) is 17.6. The molecule has 0 radical (unpaired) electrons. The van der Waals surface area contributed by atoms with E-state index < -0.39 is 36.1 Å². The van der Waals surface area contributed by atoms with E-state index in [2.05, 4.69) is 4.90 Å². The molecule has 34 heavy (non-hydrogen) atoms. The number of hydrogen-bond donors (Lipinski definition) is 1. The van der Waals surface area contributed by atoms with Gasteiger partial charge in [0, 0.05) is 42.7 Å². The standard InChI is InChI=1S/C25H26FN3O5/c26-20-12-16(13-28-8-10-33-11-9-28)4-5-17(20)15-34-22-3-1-2-18-19(22)14-29(25(18)32)21-6-7-23(30)27-24(21)31/h1-5,12,21H,6-11,13-15H2,(H,27,30,31)/i14D2,21D. The largest absolute Gasteiger partial charge is 0.488 e. The summed E-state index contributed by atoms with van der Waals surface area (Å²) in [4.78, 5) is 40.0. The molecule has 9 heteroatoms. The number of nitrogens with one attached hydrogen (secondary N) is 1. The molecule has 2 aromatic rings. The summed E-state index contributed by atoms with van der Waals surface area (Å²) in [5.41, 5.74) is 0.874. The zero-order valence-electron chi connectivity index (χ0n) is 21.4. The van der Waals surface area contributed by atoms with Crippen molar-refractivity contribution in [3.8, 4) is 5.75 Å². The van der Waals surface area contributed by atoms with Gasteiger partial charge in [-0.2, -0.15) is 0 Å². The molecule has 0 bridgehead atoms. The summed E-state index contributed by atoms with van der Waals surface area (Å²) >= 11 is 0. The maximum Gasteiger partial charge on any atom is 0.255 e. The van der Waals surface area contributed by atoms with E-state index in [9.17, 15) is 18.8 Å². The zero-order valence-corrected chi connectivity index (χ0v) is 18.4. The van der Waals surface area contributed by atoms with Crippen LogP contribution in [0.5, 0.6) is 5.75 Å². The van der Waals surface area contributed by atoms with E-state index in [0.29, 0.717) is 24.7 Å². The lowest BCUT2D eigenvalue weighted by Gasteiger charge is -2.29. The smallest absolute Gasteiger partial charge is 0.255 e. The summed E-state index contributed by atoms with van der Waals surface area (Å²) in [5.74, 6) is -2.96. The Balaban J connectivity index is 1.36. The summed E-state index contributed by atoms with van der Waals surface area (Å²) in [5, 5.41) is 2.02. The van der Waals surface area contributed by atoms with Crippen molar-refractivity contribution in [3.63, 3.8) is 0 Å². The number of nitrogens with zero attached hydrogens (tertiary/aromatic N) is 2. The topological polar surface area (TPSA) is 88.2 Å². The predicted octanol–water partition coefficient (Wildman–Crippen LogP) is 2.00. The van der Waals surface area contributed by atoms with Gasteiger partial charge in [0.15, 0.2) is 0 Å². The van der Waals surface area contributed by atoms with Gasteiger partial charge in [-0.1, -0.05) is 18.2 Å². The Hall–Kier alpha value is -3.30. The average Bonchev–Trinajstić information content (AvgIpc) is 3.08. The van der Waals surface area contributed by atoms with Gasteiger partial charge in [-0.15, -0.1) is 0 Å². The lowest BCUT2D eigenvalue weighted by atomic mass is 10.0. The number of morpholine rings is 1. The van der Waals surface area contributed by atoms with Crippen LogP contribution in [0.15, 0.2) is 36.4 Å². The number of benzene rings is 2. The number of fused-ring (bicyclic) bond motifs is 1. The number of ether oxygens (including phenoxy) is 2. The summed E-state index contributed by atoms with van der Waals surface area (Å²) in [6.07, 6.45) is -0.537. The quantitative estimate of drug-likeness (QED) is 0.650.